The molecule has 2 heterocycles. The van der Waals surface area contributed by atoms with Crippen molar-refractivity contribution in [1.82, 2.24) is 15.2 Å². The van der Waals surface area contributed by atoms with Gasteiger partial charge in [0.05, 0.1) is 30.5 Å². The highest BCUT2D eigenvalue weighted by atomic mass is 32.1. The molecular weight excluding hydrogens is 408 g/mol. The number of carbonyl (C=O) groups is 1. The number of hydrogen-bond acceptors (Lipinski definition) is 9. The molecule has 0 fully saturated rings. The van der Waals surface area contributed by atoms with Crippen molar-refractivity contribution in [2.75, 3.05) is 25.1 Å². The average molecular weight is 433 g/mol. The molecule has 3 aromatic rings. The van der Waals surface area contributed by atoms with Crippen LogP contribution in [-0.2, 0) is 0 Å². The molecule has 10 heteroatoms. The lowest BCUT2D eigenvalue weighted by Crippen LogP contribution is -2.13. The molecule has 9 nitrogen and oxygen atoms in total. The molecule has 0 bridgehead atoms. The summed E-state index contributed by atoms with van der Waals surface area (Å²) >= 11 is 1.45. The van der Waals surface area contributed by atoms with Gasteiger partial charge in [0.25, 0.3) is 11.8 Å². The van der Waals surface area contributed by atoms with Crippen LogP contribution in [0.4, 0.5) is 6.01 Å². The van der Waals surface area contributed by atoms with Gasteiger partial charge in [-0.25, -0.2) is 4.98 Å². The first-order valence-corrected chi connectivity index (χ1v) is 10.4. The van der Waals surface area contributed by atoms with Crippen LogP contribution in [-0.4, -0.2) is 40.9 Å². The molecule has 0 aliphatic rings. The number of ether oxygens (including phenoxy) is 3. The zero-order valence-electron chi connectivity index (χ0n) is 17.6. The summed E-state index contributed by atoms with van der Waals surface area (Å²) in [5, 5.41) is 11.4. The lowest BCUT2D eigenvalue weighted by Gasteiger charge is -2.16. The van der Waals surface area contributed by atoms with Crippen LogP contribution < -0.4 is 19.5 Å². The Bertz CT molecular complexity index is 1000. The summed E-state index contributed by atoms with van der Waals surface area (Å²) in [7, 11) is 0. The largest absolute Gasteiger partial charge is 0.490 e. The van der Waals surface area contributed by atoms with E-state index in [0.717, 1.165) is 15.6 Å². The molecule has 160 valence electrons. The summed E-state index contributed by atoms with van der Waals surface area (Å²) in [5.74, 6) is 1.20. The van der Waals surface area contributed by atoms with Gasteiger partial charge in [0.1, 0.15) is 4.88 Å². The van der Waals surface area contributed by atoms with E-state index < -0.39 is 5.91 Å². The van der Waals surface area contributed by atoms with Gasteiger partial charge in [-0.3, -0.25) is 10.1 Å². The van der Waals surface area contributed by atoms with E-state index in [1.165, 1.54) is 11.3 Å². The van der Waals surface area contributed by atoms with Gasteiger partial charge in [-0.05, 0) is 46.8 Å². The van der Waals surface area contributed by atoms with E-state index in [4.69, 9.17) is 18.6 Å². The number of amides is 1. The molecule has 0 radical (unpaired) electrons. The Morgan fingerprint density at radius 2 is 1.67 bits per heavy atom. The summed E-state index contributed by atoms with van der Waals surface area (Å²) < 4.78 is 22.6. The predicted molar refractivity (Wildman–Crippen MR) is 113 cm³/mol. The van der Waals surface area contributed by atoms with Gasteiger partial charge in [0.15, 0.2) is 11.5 Å². The fourth-order valence-corrected chi connectivity index (χ4v) is 3.63. The van der Waals surface area contributed by atoms with Crippen LogP contribution in [0.2, 0.25) is 0 Å². The smallest absolute Gasteiger partial charge is 0.322 e. The van der Waals surface area contributed by atoms with E-state index in [-0.39, 0.29) is 6.01 Å². The molecule has 0 aliphatic heterocycles. The van der Waals surface area contributed by atoms with Gasteiger partial charge < -0.3 is 18.6 Å². The number of hydrogen-bond donors (Lipinski definition) is 1. The first kappa shape index (κ1) is 21.6. The molecule has 1 N–H and O–H groups in total. The second kappa shape index (κ2) is 9.57. The van der Waals surface area contributed by atoms with Crippen LogP contribution in [0.5, 0.6) is 17.2 Å². The number of carbonyl (C=O) groups excluding carboxylic acids is 1. The minimum atomic E-state index is -0.438. The van der Waals surface area contributed by atoms with E-state index in [9.17, 15) is 4.79 Å². The van der Waals surface area contributed by atoms with Crippen LogP contribution in [0.25, 0.3) is 10.8 Å². The summed E-state index contributed by atoms with van der Waals surface area (Å²) in [5.41, 5.74) is 1.11. The lowest BCUT2D eigenvalue weighted by atomic mass is 10.1. The third-order valence-corrected chi connectivity index (χ3v) is 4.98. The van der Waals surface area contributed by atoms with Crippen molar-refractivity contribution in [2.45, 2.75) is 34.6 Å². The molecule has 3 rings (SSSR count). The molecule has 0 unspecified atom stereocenters. The molecule has 30 heavy (non-hydrogen) atoms. The summed E-state index contributed by atoms with van der Waals surface area (Å²) in [6.07, 6.45) is 0. The highest BCUT2D eigenvalue weighted by Crippen LogP contribution is 2.39. The Balaban J connectivity index is 1.87. The van der Waals surface area contributed by atoms with Crippen LogP contribution in [0.3, 0.4) is 0 Å². The van der Waals surface area contributed by atoms with E-state index in [2.05, 4.69) is 20.5 Å². The number of aromatic nitrogens is 3. The minimum Gasteiger partial charge on any atom is -0.490 e. The van der Waals surface area contributed by atoms with Crippen LogP contribution >= 0.6 is 11.3 Å². The number of nitrogens with one attached hydrogen (secondary N) is 1. The topological polar surface area (TPSA) is 109 Å². The van der Waals surface area contributed by atoms with Crippen LogP contribution in [0, 0.1) is 13.8 Å². The number of aryl methyl sites for hydroxylation is 2. The zero-order chi connectivity index (χ0) is 21.7. The van der Waals surface area contributed by atoms with Crippen molar-refractivity contribution in [2.24, 2.45) is 0 Å². The normalized spacial score (nSPS) is 10.7. The maximum atomic E-state index is 12.8. The third kappa shape index (κ3) is 4.70. The maximum Gasteiger partial charge on any atom is 0.322 e. The van der Waals surface area contributed by atoms with Gasteiger partial charge in [0.2, 0.25) is 5.75 Å². The molecule has 0 atom stereocenters. The molecule has 2 aromatic heterocycles. The Morgan fingerprint density at radius 3 is 2.20 bits per heavy atom. The van der Waals surface area contributed by atoms with Crippen molar-refractivity contribution in [3.63, 3.8) is 0 Å². The van der Waals surface area contributed by atoms with E-state index in [1.54, 1.807) is 12.1 Å². The predicted octanol–water partition coefficient (Wildman–Crippen LogP) is 4.26. The summed E-state index contributed by atoms with van der Waals surface area (Å²) in [6, 6.07) is 3.19. The van der Waals surface area contributed by atoms with Gasteiger partial charge in [-0.2, -0.15) is 0 Å². The minimum absolute atomic E-state index is 0.00902. The number of nitrogens with zero attached hydrogens (tertiary/aromatic N) is 3. The molecular formula is C20H24N4O5S. The first-order chi connectivity index (χ1) is 14.5. The van der Waals surface area contributed by atoms with Crippen molar-refractivity contribution >= 4 is 23.3 Å². The average Bonchev–Trinajstić information content (AvgIpc) is 3.29. The molecule has 0 saturated carbocycles. The van der Waals surface area contributed by atoms with Crippen molar-refractivity contribution < 1.29 is 23.4 Å². The quantitative estimate of drug-likeness (QED) is 0.534. The Morgan fingerprint density at radius 1 is 1.03 bits per heavy atom. The van der Waals surface area contributed by atoms with E-state index >= 15 is 0 Å². The lowest BCUT2D eigenvalue weighted by molar-refractivity contribution is 0.102. The fraction of sp³-hybridized carbons (Fsp3) is 0.400. The Kier molecular flexibility index (Phi) is 6.88. The van der Waals surface area contributed by atoms with Crippen molar-refractivity contribution in [3.8, 4) is 28.0 Å². The fourth-order valence-electron chi connectivity index (χ4n) is 2.78. The number of benzene rings is 1. The van der Waals surface area contributed by atoms with Crippen molar-refractivity contribution in [1.29, 1.82) is 0 Å². The highest BCUT2D eigenvalue weighted by Gasteiger charge is 2.21. The highest BCUT2D eigenvalue weighted by molar-refractivity contribution is 7.15. The first-order valence-electron chi connectivity index (χ1n) is 9.62. The third-order valence-electron chi connectivity index (χ3n) is 3.91. The second-order valence-electron chi connectivity index (χ2n) is 6.11. The van der Waals surface area contributed by atoms with Gasteiger partial charge in [0, 0.05) is 5.56 Å². The number of rotatable bonds is 9. The van der Waals surface area contributed by atoms with Gasteiger partial charge >= 0.3 is 6.01 Å². The SMILES string of the molecule is CCOc1cc(C(=O)Nc2nnc(-c3sc(C)nc3C)o2)cc(OCC)c1OCC. The Labute approximate surface area is 178 Å². The number of anilines is 1. The van der Waals surface area contributed by atoms with Gasteiger partial charge in [-0.15, -0.1) is 16.4 Å². The molecule has 0 aliphatic carbocycles. The Hall–Kier alpha value is -3.14. The monoisotopic (exact) mass is 432 g/mol. The molecule has 0 spiro atoms. The molecule has 1 amide bonds. The van der Waals surface area contributed by atoms with E-state index in [0.29, 0.717) is 48.5 Å². The van der Waals surface area contributed by atoms with E-state index in [1.807, 2.05) is 34.6 Å². The zero-order valence-corrected chi connectivity index (χ0v) is 18.4. The number of thiazole rings is 1. The van der Waals surface area contributed by atoms with Crippen LogP contribution in [0.15, 0.2) is 16.5 Å². The molecule has 0 saturated heterocycles. The second-order valence-corrected chi connectivity index (χ2v) is 7.32. The van der Waals surface area contributed by atoms with Crippen LogP contribution in [0.1, 0.15) is 41.8 Å². The summed E-state index contributed by atoms with van der Waals surface area (Å²) in [4.78, 5) is 17.9. The molecule has 1 aromatic carbocycles. The van der Waals surface area contributed by atoms with Crippen molar-refractivity contribution in [3.05, 3.63) is 28.4 Å². The summed E-state index contributed by atoms with van der Waals surface area (Å²) in [6.45, 7) is 10.6. The standard InChI is InChI=1S/C20H24N4O5S/c1-6-26-14-9-13(10-15(27-7-2)16(14)28-8-3)18(25)22-20-24-23-19(29-20)17-11(4)21-12(5)30-17/h9-10H,6-8H2,1-5H3,(H,22,24,25). The maximum absolute atomic E-state index is 12.8. The van der Waals surface area contributed by atoms with Gasteiger partial charge in [-0.1, -0.05) is 5.10 Å².